The van der Waals surface area contributed by atoms with Crippen molar-refractivity contribution in [3.05, 3.63) is 33.9 Å². The number of hydrogen-bond acceptors (Lipinski definition) is 5. The number of nitrogens with zero attached hydrogens (tertiary/aromatic N) is 2. The third-order valence-electron chi connectivity index (χ3n) is 3.21. The molecule has 2 aromatic rings. The van der Waals surface area contributed by atoms with Crippen molar-refractivity contribution in [2.75, 3.05) is 30.2 Å². The van der Waals surface area contributed by atoms with E-state index in [1.54, 1.807) is 13.3 Å². The van der Waals surface area contributed by atoms with Gasteiger partial charge in [0.05, 0.1) is 11.6 Å². The summed E-state index contributed by atoms with van der Waals surface area (Å²) in [5.41, 5.74) is 3.12. The van der Waals surface area contributed by atoms with Gasteiger partial charge in [-0.2, -0.15) is 4.98 Å². The molecular formula is C15H18BrClN4O. The molecule has 0 atom stereocenters. The van der Waals surface area contributed by atoms with Crippen molar-refractivity contribution in [1.29, 1.82) is 0 Å². The number of ether oxygens (including phenoxy) is 1. The molecule has 118 valence electrons. The molecule has 22 heavy (non-hydrogen) atoms. The molecule has 2 rings (SSSR count). The number of aromatic nitrogens is 2. The molecule has 1 aromatic carbocycles. The maximum atomic E-state index is 5.67. The van der Waals surface area contributed by atoms with Crippen LogP contribution in [0.3, 0.4) is 0 Å². The Hall–Kier alpha value is -1.53. The standard InChI is InChI=1S/C15H18BrClN4O/c1-9-4-5-12(22-3)10(2)13(9)20-14-11(16)8-19-15(21-14)18-7-6-17/h4-5,8H,6-7H2,1-3H3,(H2,18,19,20,21). The van der Waals surface area contributed by atoms with Crippen molar-refractivity contribution in [1.82, 2.24) is 9.97 Å². The van der Waals surface area contributed by atoms with Gasteiger partial charge in [-0.05, 0) is 41.4 Å². The lowest BCUT2D eigenvalue weighted by atomic mass is 10.1. The number of nitrogens with one attached hydrogen (secondary N) is 2. The average molecular weight is 386 g/mol. The van der Waals surface area contributed by atoms with Gasteiger partial charge in [-0.1, -0.05) is 6.07 Å². The number of halogens is 2. The van der Waals surface area contributed by atoms with Crippen LogP contribution in [0.1, 0.15) is 11.1 Å². The lowest BCUT2D eigenvalue weighted by molar-refractivity contribution is 0.412. The summed E-state index contributed by atoms with van der Waals surface area (Å²) in [5, 5.41) is 6.41. The fourth-order valence-electron chi connectivity index (χ4n) is 2.06. The second-order valence-corrected chi connectivity index (χ2v) is 5.95. The predicted octanol–water partition coefficient (Wildman–Crippen LogP) is 4.26. The molecule has 5 nitrogen and oxygen atoms in total. The van der Waals surface area contributed by atoms with Crippen LogP contribution in [0.4, 0.5) is 17.5 Å². The van der Waals surface area contributed by atoms with Gasteiger partial charge in [0.1, 0.15) is 11.6 Å². The monoisotopic (exact) mass is 384 g/mol. The highest BCUT2D eigenvalue weighted by Gasteiger charge is 2.11. The highest BCUT2D eigenvalue weighted by atomic mass is 79.9. The summed E-state index contributed by atoms with van der Waals surface area (Å²) in [6.45, 7) is 4.66. The van der Waals surface area contributed by atoms with Gasteiger partial charge >= 0.3 is 0 Å². The zero-order valence-corrected chi connectivity index (χ0v) is 15.0. The van der Waals surface area contributed by atoms with E-state index >= 15 is 0 Å². The first-order valence-electron chi connectivity index (χ1n) is 6.80. The van der Waals surface area contributed by atoms with Crippen LogP contribution in [0, 0.1) is 13.8 Å². The molecule has 0 aliphatic heterocycles. The summed E-state index contributed by atoms with van der Waals surface area (Å²) in [7, 11) is 1.66. The minimum atomic E-state index is 0.496. The van der Waals surface area contributed by atoms with E-state index < -0.39 is 0 Å². The number of benzene rings is 1. The number of alkyl halides is 1. The van der Waals surface area contributed by atoms with Gasteiger partial charge in [0.2, 0.25) is 5.95 Å². The van der Waals surface area contributed by atoms with Gasteiger partial charge in [-0.25, -0.2) is 4.98 Å². The SMILES string of the molecule is COc1ccc(C)c(Nc2nc(NCCCl)ncc2Br)c1C. The van der Waals surface area contributed by atoms with Crippen molar-refractivity contribution in [3.63, 3.8) is 0 Å². The summed E-state index contributed by atoms with van der Waals surface area (Å²) in [6.07, 6.45) is 1.71. The number of anilines is 3. The van der Waals surface area contributed by atoms with Crippen molar-refractivity contribution in [2.45, 2.75) is 13.8 Å². The zero-order chi connectivity index (χ0) is 16.1. The van der Waals surface area contributed by atoms with Crippen LogP contribution < -0.4 is 15.4 Å². The van der Waals surface area contributed by atoms with Crippen LogP contribution in [-0.2, 0) is 0 Å². The summed E-state index contributed by atoms with van der Waals surface area (Å²) in [4.78, 5) is 8.67. The third-order valence-corrected chi connectivity index (χ3v) is 3.98. The minimum Gasteiger partial charge on any atom is -0.496 e. The van der Waals surface area contributed by atoms with Gasteiger partial charge in [0.15, 0.2) is 0 Å². The molecule has 0 aliphatic rings. The molecule has 7 heteroatoms. The van der Waals surface area contributed by atoms with Crippen molar-refractivity contribution in [3.8, 4) is 5.75 Å². The quantitative estimate of drug-likeness (QED) is 0.728. The van der Waals surface area contributed by atoms with E-state index in [9.17, 15) is 0 Å². The molecule has 0 bridgehead atoms. The van der Waals surface area contributed by atoms with Crippen LogP contribution in [-0.4, -0.2) is 29.5 Å². The Kier molecular flexibility index (Phi) is 5.85. The highest BCUT2D eigenvalue weighted by molar-refractivity contribution is 9.10. The summed E-state index contributed by atoms with van der Waals surface area (Å²) in [6, 6.07) is 3.97. The molecule has 0 amide bonds. The largest absolute Gasteiger partial charge is 0.496 e. The second kappa shape index (κ2) is 7.65. The topological polar surface area (TPSA) is 59.1 Å². The number of rotatable bonds is 6. The Balaban J connectivity index is 2.34. The molecule has 1 heterocycles. The molecule has 0 spiro atoms. The smallest absolute Gasteiger partial charge is 0.224 e. The van der Waals surface area contributed by atoms with E-state index in [2.05, 4.69) is 36.5 Å². The minimum absolute atomic E-state index is 0.496. The van der Waals surface area contributed by atoms with Gasteiger partial charge < -0.3 is 15.4 Å². The van der Waals surface area contributed by atoms with E-state index in [0.29, 0.717) is 24.2 Å². The molecule has 0 radical (unpaired) electrons. The van der Waals surface area contributed by atoms with E-state index in [-0.39, 0.29) is 0 Å². The fraction of sp³-hybridized carbons (Fsp3) is 0.333. The Morgan fingerprint density at radius 2 is 2.09 bits per heavy atom. The summed E-state index contributed by atoms with van der Waals surface area (Å²) >= 11 is 9.14. The van der Waals surface area contributed by atoms with E-state index in [0.717, 1.165) is 27.0 Å². The normalized spacial score (nSPS) is 10.4. The first kappa shape index (κ1) is 16.8. The van der Waals surface area contributed by atoms with Crippen LogP contribution in [0.25, 0.3) is 0 Å². The fourth-order valence-corrected chi connectivity index (χ4v) is 2.44. The highest BCUT2D eigenvalue weighted by Crippen LogP contribution is 2.33. The molecule has 0 fully saturated rings. The first-order valence-corrected chi connectivity index (χ1v) is 8.13. The summed E-state index contributed by atoms with van der Waals surface area (Å²) in [5.74, 6) is 2.55. The average Bonchev–Trinajstić information content (AvgIpc) is 2.52. The molecule has 0 saturated carbocycles. The second-order valence-electron chi connectivity index (χ2n) is 4.72. The van der Waals surface area contributed by atoms with Crippen molar-refractivity contribution in [2.24, 2.45) is 0 Å². The molecule has 0 unspecified atom stereocenters. The van der Waals surface area contributed by atoms with Crippen LogP contribution in [0.2, 0.25) is 0 Å². The zero-order valence-electron chi connectivity index (χ0n) is 12.7. The molecule has 2 N–H and O–H groups in total. The Bertz CT molecular complexity index is 666. The number of hydrogen-bond donors (Lipinski definition) is 2. The third kappa shape index (κ3) is 3.81. The van der Waals surface area contributed by atoms with Crippen molar-refractivity contribution >= 4 is 45.0 Å². The Morgan fingerprint density at radius 1 is 1.32 bits per heavy atom. The lowest BCUT2D eigenvalue weighted by Crippen LogP contribution is -2.08. The Labute approximate surface area is 143 Å². The van der Waals surface area contributed by atoms with Crippen molar-refractivity contribution < 1.29 is 4.74 Å². The van der Waals surface area contributed by atoms with Gasteiger partial charge in [-0.3, -0.25) is 0 Å². The van der Waals surface area contributed by atoms with Gasteiger partial charge in [-0.15, -0.1) is 11.6 Å². The van der Waals surface area contributed by atoms with Crippen LogP contribution in [0.15, 0.2) is 22.8 Å². The number of aryl methyl sites for hydroxylation is 1. The van der Waals surface area contributed by atoms with Gasteiger partial charge in [0.25, 0.3) is 0 Å². The molecule has 0 aliphatic carbocycles. The van der Waals surface area contributed by atoms with Crippen LogP contribution in [0.5, 0.6) is 5.75 Å². The number of methoxy groups -OCH3 is 1. The van der Waals surface area contributed by atoms with E-state index in [1.165, 1.54) is 0 Å². The van der Waals surface area contributed by atoms with E-state index in [1.807, 2.05) is 26.0 Å². The lowest BCUT2D eigenvalue weighted by Gasteiger charge is -2.16. The van der Waals surface area contributed by atoms with E-state index in [4.69, 9.17) is 16.3 Å². The predicted molar refractivity (Wildman–Crippen MR) is 94.7 cm³/mol. The van der Waals surface area contributed by atoms with Crippen LogP contribution >= 0.6 is 27.5 Å². The first-order chi connectivity index (χ1) is 10.6. The van der Waals surface area contributed by atoms with Gasteiger partial charge in [0, 0.05) is 29.9 Å². The molecule has 0 saturated heterocycles. The molecular weight excluding hydrogens is 368 g/mol. The maximum absolute atomic E-state index is 5.67. The summed E-state index contributed by atoms with van der Waals surface area (Å²) < 4.78 is 6.16. The Morgan fingerprint density at radius 3 is 2.77 bits per heavy atom. The molecule has 1 aromatic heterocycles. The maximum Gasteiger partial charge on any atom is 0.224 e.